The molecule has 2 heterocycles. The first-order chi connectivity index (χ1) is 18.7. The molecule has 192 valence electrons. The molecular weight excluding hydrogens is 478 g/mol. The van der Waals surface area contributed by atoms with Crippen LogP contribution in [0.5, 0.6) is 6.01 Å². The summed E-state index contributed by atoms with van der Waals surface area (Å²) < 4.78 is 7.91. The molecule has 5 aromatic rings. The number of aromatic amines is 1. The fourth-order valence-corrected chi connectivity index (χ4v) is 5.24. The number of para-hydroxylation sites is 1. The molecule has 9 nitrogen and oxygen atoms in total. The molecule has 0 aliphatic heterocycles. The van der Waals surface area contributed by atoms with Crippen LogP contribution in [0.25, 0.3) is 33.5 Å². The summed E-state index contributed by atoms with van der Waals surface area (Å²) >= 11 is 0. The highest BCUT2D eigenvalue weighted by atomic mass is 16.5. The maximum Gasteiger partial charge on any atom is 0.297 e. The van der Waals surface area contributed by atoms with Crippen LogP contribution >= 0.6 is 0 Å². The second-order valence-electron chi connectivity index (χ2n) is 9.52. The van der Waals surface area contributed by atoms with Crippen molar-refractivity contribution in [1.82, 2.24) is 35.5 Å². The van der Waals surface area contributed by atoms with Gasteiger partial charge in [-0.1, -0.05) is 67.4 Å². The van der Waals surface area contributed by atoms with Gasteiger partial charge in [0.2, 0.25) is 5.82 Å². The van der Waals surface area contributed by atoms with Gasteiger partial charge < -0.3 is 10.1 Å². The van der Waals surface area contributed by atoms with Gasteiger partial charge in [0.25, 0.3) is 11.9 Å². The number of carbonyl (C=O) groups excluding carboxylic acids is 1. The van der Waals surface area contributed by atoms with E-state index in [-0.39, 0.29) is 11.9 Å². The molecule has 0 bridgehead atoms. The van der Waals surface area contributed by atoms with Crippen LogP contribution < -0.4 is 10.1 Å². The number of H-pyrrole nitrogens is 1. The molecule has 0 radical (unpaired) electrons. The molecule has 3 aromatic carbocycles. The molecule has 1 saturated carbocycles. The van der Waals surface area contributed by atoms with Gasteiger partial charge in [-0.2, -0.15) is 10.2 Å². The zero-order valence-electron chi connectivity index (χ0n) is 21.2. The van der Waals surface area contributed by atoms with Crippen molar-refractivity contribution in [1.29, 1.82) is 0 Å². The van der Waals surface area contributed by atoms with E-state index in [9.17, 15) is 4.79 Å². The van der Waals surface area contributed by atoms with Crippen LogP contribution in [-0.4, -0.2) is 48.7 Å². The third kappa shape index (κ3) is 4.63. The number of carbonyl (C=O) groups is 1. The summed E-state index contributed by atoms with van der Waals surface area (Å²) in [4.78, 5) is 18.0. The van der Waals surface area contributed by atoms with E-state index in [1.165, 1.54) is 0 Å². The van der Waals surface area contributed by atoms with Gasteiger partial charge in [0.05, 0.1) is 29.7 Å². The van der Waals surface area contributed by atoms with Crippen LogP contribution in [0.2, 0.25) is 0 Å². The first-order valence-corrected chi connectivity index (χ1v) is 13.1. The molecule has 1 fully saturated rings. The van der Waals surface area contributed by atoms with Crippen molar-refractivity contribution in [2.24, 2.45) is 0 Å². The molecular formula is C29H29N7O2. The van der Waals surface area contributed by atoms with Gasteiger partial charge in [-0.25, -0.2) is 0 Å². The Morgan fingerprint density at radius 2 is 1.82 bits per heavy atom. The van der Waals surface area contributed by atoms with Crippen molar-refractivity contribution < 1.29 is 9.53 Å². The van der Waals surface area contributed by atoms with Gasteiger partial charge in [0.1, 0.15) is 0 Å². The Bertz CT molecular complexity index is 1550. The number of aromatic nitrogens is 6. The predicted molar refractivity (Wildman–Crippen MR) is 145 cm³/mol. The topological polar surface area (TPSA) is 111 Å². The quantitative estimate of drug-likeness (QED) is 0.306. The maximum absolute atomic E-state index is 13.3. The highest BCUT2D eigenvalue weighted by Crippen LogP contribution is 2.31. The summed E-state index contributed by atoms with van der Waals surface area (Å²) in [5.74, 6) is 0.499. The van der Waals surface area contributed by atoms with Crippen LogP contribution in [0.3, 0.4) is 0 Å². The zero-order valence-corrected chi connectivity index (χ0v) is 21.2. The number of hydrogen-bond donors (Lipinski definition) is 2. The lowest BCUT2D eigenvalue weighted by molar-refractivity contribution is 0.0939. The number of nitrogens with one attached hydrogen (secondary N) is 2. The van der Waals surface area contributed by atoms with Crippen LogP contribution in [0, 0.1) is 0 Å². The second-order valence-corrected chi connectivity index (χ2v) is 9.52. The van der Waals surface area contributed by atoms with Crippen molar-refractivity contribution in [3.8, 4) is 28.5 Å². The largest absolute Gasteiger partial charge is 0.465 e. The van der Waals surface area contributed by atoms with Gasteiger partial charge in [-0.15, -0.1) is 10.2 Å². The fraction of sp³-hybridized carbons (Fsp3) is 0.276. The minimum Gasteiger partial charge on any atom is -0.465 e. The Morgan fingerprint density at radius 1 is 1.03 bits per heavy atom. The first kappa shape index (κ1) is 23.8. The molecule has 0 spiro atoms. The van der Waals surface area contributed by atoms with Crippen molar-refractivity contribution in [3.63, 3.8) is 0 Å². The van der Waals surface area contributed by atoms with E-state index >= 15 is 0 Å². The molecule has 0 unspecified atom stereocenters. The lowest BCUT2D eigenvalue weighted by Gasteiger charge is -2.15. The highest BCUT2D eigenvalue weighted by Gasteiger charge is 2.23. The van der Waals surface area contributed by atoms with E-state index in [0.29, 0.717) is 30.5 Å². The molecule has 9 heteroatoms. The molecule has 6 rings (SSSR count). The second kappa shape index (κ2) is 10.5. The number of fused-ring (bicyclic) bond motifs is 1. The minimum absolute atomic E-state index is 0.0554. The fourth-order valence-electron chi connectivity index (χ4n) is 5.24. The average molecular weight is 508 g/mol. The Kier molecular flexibility index (Phi) is 6.56. The Balaban J connectivity index is 1.34. The third-order valence-electron chi connectivity index (χ3n) is 7.06. The Hall–Kier alpha value is -4.53. The van der Waals surface area contributed by atoms with Gasteiger partial charge in [-0.05, 0) is 53.8 Å². The summed E-state index contributed by atoms with van der Waals surface area (Å²) in [6.07, 6.45) is 4.40. The van der Waals surface area contributed by atoms with E-state index in [0.717, 1.165) is 59.0 Å². The third-order valence-corrected chi connectivity index (χ3v) is 7.06. The number of ether oxygens (including phenoxy) is 1. The molecule has 2 aromatic heterocycles. The SMILES string of the molecule is CCOc1nc2cccc(C(=O)NC3CCCC3)c2n1Cc1ccc(-c2ccccc2-c2nn[nH]n2)cc1. The smallest absolute Gasteiger partial charge is 0.297 e. The molecule has 0 atom stereocenters. The molecule has 2 N–H and O–H groups in total. The summed E-state index contributed by atoms with van der Waals surface area (Å²) in [5, 5.41) is 17.7. The number of hydrogen-bond acceptors (Lipinski definition) is 6. The monoisotopic (exact) mass is 507 g/mol. The summed E-state index contributed by atoms with van der Waals surface area (Å²) in [7, 11) is 0. The standard InChI is InChI=1S/C29H29N7O2/c1-2-38-29-31-25-13-7-12-24(28(37)30-21-8-3-4-9-21)26(25)36(29)18-19-14-16-20(17-15-19)22-10-5-6-11-23(22)27-32-34-35-33-27/h5-7,10-17,21H,2-4,8-9,18H2,1H3,(H,30,37)(H,32,33,34,35). The number of nitrogens with zero attached hydrogens (tertiary/aromatic N) is 5. The van der Waals surface area contributed by atoms with E-state index in [1.54, 1.807) is 0 Å². The predicted octanol–water partition coefficient (Wildman–Crippen LogP) is 5.00. The van der Waals surface area contributed by atoms with Crippen LogP contribution in [0.1, 0.15) is 48.5 Å². The van der Waals surface area contributed by atoms with E-state index in [4.69, 9.17) is 9.72 Å². The molecule has 1 amide bonds. The number of imidazole rings is 1. The summed E-state index contributed by atoms with van der Waals surface area (Å²) in [6, 6.07) is 22.8. The van der Waals surface area contributed by atoms with Crippen LogP contribution in [-0.2, 0) is 6.54 Å². The number of tetrazole rings is 1. The lowest BCUT2D eigenvalue weighted by atomic mass is 9.98. The van der Waals surface area contributed by atoms with Gasteiger partial charge >= 0.3 is 0 Å². The zero-order chi connectivity index (χ0) is 25.9. The first-order valence-electron chi connectivity index (χ1n) is 13.1. The number of amides is 1. The number of benzene rings is 3. The van der Waals surface area contributed by atoms with E-state index < -0.39 is 0 Å². The van der Waals surface area contributed by atoms with Crippen molar-refractivity contribution in [2.45, 2.75) is 45.2 Å². The van der Waals surface area contributed by atoms with Crippen molar-refractivity contribution in [3.05, 3.63) is 77.9 Å². The average Bonchev–Trinajstić information content (AvgIpc) is 3.72. The molecule has 1 aliphatic rings. The van der Waals surface area contributed by atoms with Gasteiger partial charge in [-0.3, -0.25) is 9.36 Å². The van der Waals surface area contributed by atoms with E-state index in [2.05, 4.69) is 50.2 Å². The molecule has 0 saturated heterocycles. The van der Waals surface area contributed by atoms with E-state index in [1.807, 2.05) is 54.0 Å². The van der Waals surface area contributed by atoms with Crippen LogP contribution in [0.15, 0.2) is 66.7 Å². The van der Waals surface area contributed by atoms with Crippen molar-refractivity contribution >= 4 is 16.9 Å². The van der Waals surface area contributed by atoms with Gasteiger partial charge in [0, 0.05) is 11.6 Å². The Morgan fingerprint density at radius 3 is 2.55 bits per heavy atom. The summed E-state index contributed by atoms with van der Waals surface area (Å²) in [6.45, 7) is 2.94. The van der Waals surface area contributed by atoms with Crippen molar-refractivity contribution in [2.75, 3.05) is 6.61 Å². The van der Waals surface area contributed by atoms with Crippen LogP contribution in [0.4, 0.5) is 0 Å². The minimum atomic E-state index is -0.0554. The van der Waals surface area contributed by atoms with Gasteiger partial charge in [0.15, 0.2) is 0 Å². The lowest BCUT2D eigenvalue weighted by Crippen LogP contribution is -2.32. The Labute approximate surface area is 220 Å². The normalized spacial score (nSPS) is 13.7. The number of rotatable bonds is 8. The molecule has 38 heavy (non-hydrogen) atoms. The molecule has 1 aliphatic carbocycles. The maximum atomic E-state index is 13.3. The summed E-state index contributed by atoms with van der Waals surface area (Å²) in [5.41, 5.74) is 6.21. The highest BCUT2D eigenvalue weighted by molar-refractivity contribution is 6.05.